The molecule has 0 aliphatic heterocycles. The molecular formula is C15H13FN4O3. The number of aliphatic hydroxyl groups excluding tert-OH is 1. The third-order valence-electron chi connectivity index (χ3n) is 3.25. The van der Waals surface area contributed by atoms with E-state index in [0.717, 1.165) is 6.07 Å². The van der Waals surface area contributed by atoms with Crippen LogP contribution in [0.2, 0.25) is 0 Å². The van der Waals surface area contributed by atoms with Crippen molar-refractivity contribution in [3.63, 3.8) is 0 Å². The second kappa shape index (κ2) is 6.41. The first-order chi connectivity index (χ1) is 11.2. The molecule has 3 rings (SSSR count). The highest BCUT2D eigenvalue weighted by molar-refractivity contribution is 5.94. The lowest BCUT2D eigenvalue weighted by atomic mass is 10.1. The van der Waals surface area contributed by atoms with Gasteiger partial charge in [0, 0.05) is 5.56 Å². The summed E-state index contributed by atoms with van der Waals surface area (Å²) in [5.74, 6) is -0.716. The fourth-order valence-electron chi connectivity index (χ4n) is 2.10. The molecule has 23 heavy (non-hydrogen) atoms. The van der Waals surface area contributed by atoms with Crippen LogP contribution in [0.4, 0.5) is 4.39 Å². The van der Waals surface area contributed by atoms with Crippen LogP contribution in [0.15, 0.2) is 53.7 Å². The summed E-state index contributed by atoms with van der Waals surface area (Å²) in [5, 5.41) is 15.8. The Kier molecular flexibility index (Phi) is 4.15. The maximum absolute atomic E-state index is 14.1. The van der Waals surface area contributed by atoms with Gasteiger partial charge in [0.25, 0.3) is 5.91 Å². The Morgan fingerprint density at radius 2 is 2.30 bits per heavy atom. The molecule has 7 nitrogen and oxygen atoms in total. The lowest BCUT2D eigenvalue weighted by Crippen LogP contribution is -2.30. The first-order valence-corrected chi connectivity index (χ1v) is 6.78. The van der Waals surface area contributed by atoms with Gasteiger partial charge in [-0.05, 0) is 30.3 Å². The Labute approximate surface area is 130 Å². The standard InChI is InChI=1S/C15H13FN4O3/c16-11-6-10(3-4-13(11)20-9-17-8-18-20)15(22)19-12(7-21)14-2-1-5-23-14/h1-6,8-9,12,21H,7H2,(H,19,22). The molecule has 0 fully saturated rings. The van der Waals surface area contributed by atoms with Crippen LogP contribution in [0.3, 0.4) is 0 Å². The summed E-state index contributed by atoms with van der Waals surface area (Å²) in [6, 6.07) is 6.58. The average Bonchev–Trinajstić information content (AvgIpc) is 3.25. The van der Waals surface area contributed by atoms with E-state index in [0.29, 0.717) is 5.76 Å². The Hall–Kier alpha value is -3.00. The minimum Gasteiger partial charge on any atom is -0.467 e. The summed E-state index contributed by atoms with van der Waals surface area (Å²) in [7, 11) is 0. The zero-order valence-electron chi connectivity index (χ0n) is 11.9. The highest BCUT2D eigenvalue weighted by atomic mass is 19.1. The van der Waals surface area contributed by atoms with Gasteiger partial charge in [-0.3, -0.25) is 4.79 Å². The fraction of sp³-hybridized carbons (Fsp3) is 0.133. The summed E-state index contributed by atoms with van der Waals surface area (Å²) >= 11 is 0. The van der Waals surface area contributed by atoms with Gasteiger partial charge in [-0.25, -0.2) is 14.1 Å². The topological polar surface area (TPSA) is 93.2 Å². The fourth-order valence-corrected chi connectivity index (χ4v) is 2.10. The van der Waals surface area contributed by atoms with Crippen LogP contribution in [-0.4, -0.2) is 32.4 Å². The van der Waals surface area contributed by atoms with Crippen molar-refractivity contribution < 1.29 is 18.7 Å². The van der Waals surface area contributed by atoms with Gasteiger partial charge in [-0.15, -0.1) is 0 Å². The number of amides is 1. The van der Waals surface area contributed by atoms with E-state index < -0.39 is 17.8 Å². The Balaban J connectivity index is 1.79. The monoisotopic (exact) mass is 316 g/mol. The normalized spacial score (nSPS) is 12.1. The van der Waals surface area contributed by atoms with Crippen LogP contribution >= 0.6 is 0 Å². The average molecular weight is 316 g/mol. The molecule has 3 aromatic rings. The van der Waals surface area contributed by atoms with Crippen molar-refractivity contribution in [2.75, 3.05) is 6.61 Å². The highest BCUT2D eigenvalue weighted by Crippen LogP contribution is 2.16. The number of carbonyl (C=O) groups is 1. The van der Waals surface area contributed by atoms with Crippen LogP contribution in [0, 0.1) is 5.82 Å². The summed E-state index contributed by atoms with van der Waals surface area (Å²) in [5.41, 5.74) is 0.306. The van der Waals surface area contributed by atoms with Gasteiger partial charge in [0.15, 0.2) is 0 Å². The zero-order valence-corrected chi connectivity index (χ0v) is 11.9. The van der Waals surface area contributed by atoms with Gasteiger partial charge in [0.1, 0.15) is 36.0 Å². The molecular weight excluding hydrogens is 303 g/mol. The van der Waals surface area contributed by atoms with Gasteiger partial charge >= 0.3 is 0 Å². The molecule has 0 aliphatic rings. The Bertz CT molecular complexity index is 787. The maximum atomic E-state index is 14.1. The first-order valence-electron chi connectivity index (χ1n) is 6.78. The van der Waals surface area contributed by atoms with Crippen molar-refractivity contribution in [1.82, 2.24) is 20.1 Å². The van der Waals surface area contributed by atoms with E-state index in [1.54, 1.807) is 12.1 Å². The van der Waals surface area contributed by atoms with Crippen LogP contribution in [-0.2, 0) is 0 Å². The van der Waals surface area contributed by atoms with Crippen molar-refractivity contribution in [1.29, 1.82) is 0 Å². The summed E-state index contributed by atoms with van der Waals surface area (Å²) < 4.78 is 20.5. The molecule has 0 aliphatic carbocycles. The predicted molar refractivity (Wildman–Crippen MR) is 77.3 cm³/mol. The molecule has 118 valence electrons. The number of furan rings is 1. The van der Waals surface area contributed by atoms with Gasteiger partial charge in [0.05, 0.1) is 12.9 Å². The Morgan fingerprint density at radius 3 is 2.91 bits per heavy atom. The molecule has 0 spiro atoms. The largest absolute Gasteiger partial charge is 0.467 e. The minimum absolute atomic E-state index is 0.122. The summed E-state index contributed by atoms with van der Waals surface area (Å²) in [6.07, 6.45) is 4.09. The van der Waals surface area contributed by atoms with Crippen molar-refractivity contribution in [3.8, 4) is 5.69 Å². The molecule has 0 saturated heterocycles. The molecule has 1 atom stereocenters. The van der Waals surface area contributed by atoms with Gasteiger partial charge in [-0.2, -0.15) is 5.10 Å². The molecule has 2 N–H and O–H groups in total. The molecule has 0 saturated carbocycles. The van der Waals surface area contributed by atoms with E-state index >= 15 is 0 Å². The van der Waals surface area contributed by atoms with E-state index in [1.165, 1.54) is 35.7 Å². The quantitative estimate of drug-likeness (QED) is 0.743. The number of aliphatic hydroxyl groups is 1. The zero-order chi connectivity index (χ0) is 16.2. The highest BCUT2D eigenvalue weighted by Gasteiger charge is 2.18. The smallest absolute Gasteiger partial charge is 0.252 e. The second-order valence-corrected chi connectivity index (χ2v) is 4.73. The number of nitrogens with zero attached hydrogens (tertiary/aromatic N) is 3. The number of hydrogen-bond donors (Lipinski definition) is 2. The first kappa shape index (κ1) is 14.9. The van der Waals surface area contributed by atoms with E-state index in [2.05, 4.69) is 15.4 Å². The Morgan fingerprint density at radius 1 is 1.43 bits per heavy atom. The number of carbonyl (C=O) groups excluding carboxylic acids is 1. The van der Waals surface area contributed by atoms with Crippen LogP contribution in [0.1, 0.15) is 22.2 Å². The number of rotatable bonds is 5. The van der Waals surface area contributed by atoms with E-state index in [9.17, 15) is 14.3 Å². The predicted octanol–water partition coefficient (Wildman–Crippen LogP) is 1.46. The number of nitrogens with one attached hydrogen (secondary N) is 1. The summed E-state index contributed by atoms with van der Waals surface area (Å²) in [4.78, 5) is 15.9. The lowest BCUT2D eigenvalue weighted by Gasteiger charge is -2.14. The number of hydrogen-bond acceptors (Lipinski definition) is 5. The van der Waals surface area contributed by atoms with Gasteiger partial charge < -0.3 is 14.8 Å². The minimum atomic E-state index is -0.699. The summed E-state index contributed by atoms with van der Waals surface area (Å²) in [6.45, 7) is -0.335. The number of aromatic nitrogens is 3. The molecule has 1 unspecified atom stereocenters. The van der Waals surface area contributed by atoms with Crippen molar-refractivity contribution in [3.05, 3.63) is 66.4 Å². The third kappa shape index (κ3) is 3.11. The maximum Gasteiger partial charge on any atom is 0.252 e. The molecule has 2 heterocycles. The molecule has 1 aromatic carbocycles. The van der Waals surface area contributed by atoms with E-state index in [4.69, 9.17) is 4.42 Å². The molecule has 2 aromatic heterocycles. The third-order valence-corrected chi connectivity index (χ3v) is 3.25. The SMILES string of the molecule is O=C(NC(CO)c1ccco1)c1ccc(-n2cncn2)c(F)c1. The van der Waals surface area contributed by atoms with Gasteiger partial charge in [0.2, 0.25) is 0 Å². The second-order valence-electron chi connectivity index (χ2n) is 4.73. The number of benzene rings is 1. The van der Waals surface area contributed by atoms with Crippen LogP contribution in [0.25, 0.3) is 5.69 Å². The lowest BCUT2D eigenvalue weighted by molar-refractivity contribution is 0.0907. The van der Waals surface area contributed by atoms with Crippen LogP contribution in [0.5, 0.6) is 0 Å². The molecule has 8 heteroatoms. The molecule has 1 amide bonds. The van der Waals surface area contributed by atoms with Crippen molar-refractivity contribution in [2.45, 2.75) is 6.04 Å². The van der Waals surface area contributed by atoms with Gasteiger partial charge in [-0.1, -0.05) is 0 Å². The molecule has 0 radical (unpaired) electrons. The van der Waals surface area contributed by atoms with Crippen molar-refractivity contribution in [2.24, 2.45) is 0 Å². The van der Waals surface area contributed by atoms with E-state index in [1.807, 2.05) is 0 Å². The van der Waals surface area contributed by atoms with Crippen LogP contribution < -0.4 is 5.32 Å². The number of halogens is 1. The molecule has 0 bridgehead atoms. The van der Waals surface area contributed by atoms with Crippen molar-refractivity contribution >= 4 is 5.91 Å². The van der Waals surface area contributed by atoms with E-state index in [-0.39, 0.29) is 17.9 Å².